The molecule has 0 saturated carbocycles. The number of esters is 2. The van der Waals surface area contributed by atoms with E-state index in [4.69, 9.17) is 24.4 Å². The normalized spacial score (nSPS) is 22.3. The van der Waals surface area contributed by atoms with E-state index in [0.29, 0.717) is 16.5 Å². The van der Waals surface area contributed by atoms with E-state index in [0.717, 1.165) is 16.7 Å². The lowest BCUT2D eigenvalue weighted by Crippen LogP contribution is -2.61. The highest BCUT2D eigenvalue weighted by molar-refractivity contribution is 8.13. The molecule has 1 N–H and O–H groups in total. The SMILES string of the molecule is COC(=O)c1ccc(CSC2=NC[C@@H]3[C@@H]4C(=O)N(Cc5ccccc5)C(=O)[C@@H]4[C@](Cc4ccccc4)(C(=O)OC)N23)cc1.O=C(O)C(F)(F)F. The van der Waals surface area contributed by atoms with Gasteiger partial charge in [0.05, 0.1) is 50.8 Å². The van der Waals surface area contributed by atoms with Gasteiger partial charge in [-0.1, -0.05) is 84.6 Å². The van der Waals surface area contributed by atoms with E-state index in [2.05, 4.69) is 0 Å². The van der Waals surface area contributed by atoms with E-state index >= 15 is 0 Å². The van der Waals surface area contributed by atoms with Crippen molar-refractivity contribution in [2.24, 2.45) is 16.8 Å². The molecule has 11 nitrogen and oxygen atoms in total. The average molecular weight is 712 g/mol. The van der Waals surface area contributed by atoms with E-state index in [9.17, 15) is 32.3 Å². The van der Waals surface area contributed by atoms with Crippen molar-refractivity contribution in [3.05, 3.63) is 107 Å². The zero-order chi connectivity index (χ0) is 36.2. The Labute approximate surface area is 289 Å². The number of aliphatic imine (C=N–C) groups is 1. The molecular weight excluding hydrogens is 679 g/mol. The highest BCUT2D eigenvalue weighted by atomic mass is 32.2. The van der Waals surface area contributed by atoms with Crippen molar-refractivity contribution in [2.75, 3.05) is 20.8 Å². The van der Waals surface area contributed by atoms with Gasteiger partial charge < -0.3 is 19.5 Å². The Bertz CT molecular complexity index is 1790. The topological polar surface area (TPSA) is 143 Å². The lowest BCUT2D eigenvalue weighted by molar-refractivity contribution is -0.192. The molecule has 3 heterocycles. The summed E-state index contributed by atoms with van der Waals surface area (Å²) in [4.78, 5) is 71.1. The van der Waals surface area contributed by atoms with Crippen LogP contribution in [0.25, 0.3) is 0 Å². The van der Waals surface area contributed by atoms with E-state index in [-0.39, 0.29) is 31.3 Å². The summed E-state index contributed by atoms with van der Waals surface area (Å²) in [7, 11) is 2.66. The van der Waals surface area contributed by atoms with Crippen molar-refractivity contribution in [3.63, 3.8) is 0 Å². The number of ether oxygens (including phenoxy) is 2. The fourth-order valence-electron chi connectivity index (χ4n) is 6.62. The number of carboxylic acid groups (broad SMARTS) is 1. The quantitative estimate of drug-likeness (QED) is 0.265. The third kappa shape index (κ3) is 6.95. The molecule has 3 aromatic rings. The maximum atomic E-state index is 14.2. The van der Waals surface area contributed by atoms with Gasteiger partial charge in [0.1, 0.15) is 0 Å². The fraction of sp³-hybridized carbons (Fsp3) is 0.314. The highest BCUT2D eigenvalue weighted by Crippen LogP contribution is 2.54. The van der Waals surface area contributed by atoms with Crippen LogP contribution in [0.3, 0.4) is 0 Å². The summed E-state index contributed by atoms with van der Waals surface area (Å²) in [5, 5.41) is 7.72. The molecule has 4 atom stereocenters. The second-order valence-electron chi connectivity index (χ2n) is 11.7. The number of amidine groups is 1. The number of aliphatic carboxylic acids is 1. The molecule has 0 radical (unpaired) electrons. The number of likely N-dealkylation sites (tertiary alicyclic amines) is 1. The number of thioether (sulfide) groups is 1. The number of benzene rings is 3. The number of hydrogen-bond donors (Lipinski definition) is 1. The molecule has 50 heavy (non-hydrogen) atoms. The van der Waals surface area contributed by atoms with Gasteiger partial charge >= 0.3 is 24.1 Å². The van der Waals surface area contributed by atoms with Crippen LogP contribution >= 0.6 is 11.8 Å². The maximum absolute atomic E-state index is 14.2. The van der Waals surface area contributed by atoms with Crippen molar-refractivity contribution < 1.29 is 51.7 Å². The number of rotatable bonds is 8. The molecule has 0 aromatic heterocycles. The Hall–Kier alpha value is -5.18. The van der Waals surface area contributed by atoms with Crippen molar-refractivity contribution in [2.45, 2.75) is 36.5 Å². The lowest BCUT2D eigenvalue weighted by atomic mass is 9.76. The first kappa shape index (κ1) is 36.1. The number of fused-ring (bicyclic) bond motifs is 3. The molecule has 2 fully saturated rings. The van der Waals surface area contributed by atoms with Crippen LogP contribution in [0, 0.1) is 11.8 Å². The van der Waals surface area contributed by atoms with Crippen molar-refractivity contribution in [3.8, 4) is 0 Å². The fourth-order valence-corrected chi connectivity index (χ4v) is 7.71. The molecule has 15 heteroatoms. The van der Waals surface area contributed by atoms with Crippen LogP contribution in [0.4, 0.5) is 13.2 Å². The second-order valence-corrected chi connectivity index (χ2v) is 12.6. The molecule has 262 valence electrons. The molecule has 3 aromatic carbocycles. The molecule has 6 rings (SSSR count). The first-order chi connectivity index (χ1) is 23.8. The summed E-state index contributed by atoms with van der Waals surface area (Å²) >= 11 is 1.43. The Morgan fingerprint density at radius 2 is 1.46 bits per heavy atom. The van der Waals surface area contributed by atoms with E-state index in [1.807, 2.05) is 77.7 Å². The smallest absolute Gasteiger partial charge is 0.475 e. The standard InChI is InChI=1S/C33H31N3O6S.C2HF3O2/c1-41-30(39)24-15-13-23(14-16-24)20-43-32-34-18-25-26-27(29(38)35(28(26)37)19-22-11-7-4-8-12-22)33(36(25)32,31(40)42-2)17-21-9-5-3-6-10-21;3-2(4,5)1(6)7/h3-16,25-27H,17-20H2,1-2H3;(H,6,7)/t25-,26+,27-,33-;/m1./s1. The van der Waals surface area contributed by atoms with Crippen LogP contribution in [0.5, 0.6) is 0 Å². The predicted molar refractivity (Wildman–Crippen MR) is 175 cm³/mol. The Balaban J connectivity index is 0.000000630. The lowest BCUT2D eigenvalue weighted by Gasteiger charge is -2.40. The Morgan fingerprint density at radius 1 is 0.880 bits per heavy atom. The molecular formula is C35H32F3N3O8S. The molecule has 0 spiro atoms. The third-order valence-corrected chi connectivity index (χ3v) is 9.84. The minimum atomic E-state index is -5.08. The summed E-state index contributed by atoms with van der Waals surface area (Å²) in [5.41, 5.74) is 1.62. The van der Waals surface area contributed by atoms with Gasteiger partial charge in [0.15, 0.2) is 10.7 Å². The maximum Gasteiger partial charge on any atom is 0.490 e. The van der Waals surface area contributed by atoms with Crippen LogP contribution < -0.4 is 0 Å². The minimum Gasteiger partial charge on any atom is -0.475 e. The van der Waals surface area contributed by atoms with E-state index in [1.165, 1.54) is 30.9 Å². The van der Waals surface area contributed by atoms with Gasteiger partial charge in [0.25, 0.3) is 0 Å². The van der Waals surface area contributed by atoms with Crippen LogP contribution in [0.1, 0.15) is 27.0 Å². The number of alkyl halides is 3. The first-order valence-electron chi connectivity index (χ1n) is 15.3. The number of nitrogens with zero attached hydrogens (tertiary/aromatic N) is 3. The molecule has 2 saturated heterocycles. The van der Waals surface area contributed by atoms with Gasteiger partial charge in [-0.15, -0.1) is 0 Å². The van der Waals surface area contributed by atoms with Gasteiger partial charge in [0, 0.05) is 12.2 Å². The summed E-state index contributed by atoms with van der Waals surface area (Å²) in [6, 6.07) is 25.5. The number of carbonyl (C=O) groups is 5. The van der Waals surface area contributed by atoms with Gasteiger partial charge in [-0.25, -0.2) is 14.4 Å². The average Bonchev–Trinajstić information content (AvgIpc) is 3.74. The molecule has 3 aliphatic heterocycles. The number of halogens is 3. The first-order valence-corrected chi connectivity index (χ1v) is 16.3. The second kappa shape index (κ2) is 14.7. The number of imide groups is 1. The number of carbonyl (C=O) groups excluding carboxylic acids is 4. The van der Waals surface area contributed by atoms with Crippen molar-refractivity contribution >= 4 is 46.7 Å². The van der Waals surface area contributed by atoms with Gasteiger partial charge in [-0.2, -0.15) is 13.2 Å². The minimum absolute atomic E-state index is 0.144. The van der Waals surface area contributed by atoms with Gasteiger partial charge in [0.2, 0.25) is 11.8 Å². The molecule has 0 unspecified atom stereocenters. The van der Waals surface area contributed by atoms with Crippen molar-refractivity contribution in [1.82, 2.24) is 9.80 Å². The summed E-state index contributed by atoms with van der Waals surface area (Å²) < 4.78 is 42.0. The summed E-state index contributed by atoms with van der Waals surface area (Å²) in [6.07, 6.45) is -4.90. The number of hydrogen-bond acceptors (Lipinski definition) is 10. The molecule has 2 amide bonds. The zero-order valence-electron chi connectivity index (χ0n) is 26.8. The third-order valence-electron chi connectivity index (χ3n) is 8.78. The Morgan fingerprint density at radius 3 is 2.00 bits per heavy atom. The van der Waals surface area contributed by atoms with Crippen LogP contribution in [0.2, 0.25) is 0 Å². The largest absolute Gasteiger partial charge is 0.490 e. The van der Waals surface area contributed by atoms with Gasteiger partial charge in [-0.05, 0) is 28.8 Å². The number of carboxylic acids is 1. The van der Waals surface area contributed by atoms with Crippen LogP contribution in [-0.4, -0.2) is 88.3 Å². The number of amides is 2. The monoisotopic (exact) mass is 711 g/mol. The van der Waals surface area contributed by atoms with Crippen LogP contribution in [-0.2, 0) is 47.4 Å². The van der Waals surface area contributed by atoms with E-state index in [1.54, 1.807) is 12.1 Å². The predicted octanol–water partition coefficient (Wildman–Crippen LogP) is 4.35. The van der Waals surface area contributed by atoms with Gasteiger partial charge in [-0.3, -0.25) is 19.5 Å². The zero-order valence-corrected chi connectivity index (χ0v) is 27.6. The molecule has 3 aliphatic rings. The summed E-state index contributed by atoms with van der Waals surface area (Å²) in [5.74, 6) is -5.53. The van der Waals surface area contributed by atoms with Crippen LogP contribution in [0.15, 0.2) is 89.9 Å². The number of methoxy groups -OCH3 is 2. The van der Waals surface area contributed by atoms with E-state index < -0.39 is 47.5 Å². The molecule has 0 bridgehead atoms. The van der Waals surface area contributed by atoms with Crippen molar-refractivity contribution in [1.29, 1.82) is 0 Å². The highest BCUT2D eigenvalue weighted by Gasteiger charge is 2.73. The summed E-state index contributed by atoms with van der Waals surface area (Å²) in [6.45, 7) is 0.432. The molecule has 0 aliphatic carbocycles. The Kier molecular flexibility index (Phi) is 10.6.